The summed E-state index contributed by atoms with van der Waals surface area (Å²) in [6, 6.07) is 4.88. The largest absolute Gasteiger partial charge is 0.542 e. The molecule has 3 rings (SSSR count). The van der Waals surface area contributed by atoms with Gasteiger partial charge in [0.2, 0.25) is 11.7 Å². The van der Waals surface area contributed by atoms with Crippen molar-refractivity contribution < 1.29 is 79.1 Å². The quantitative estimate of drug-likeness (QED) is 0.238. The third kappa shape index (κ3) is 15.7. The number of likely N-dealkylation sites (tertiary alicyclic amines) is 1. The van der Waals surface area contributed by atoms with Crippen molar-refractivity contribution in [3.05, 3.63) is 41.6 Å². The minimum absolute atomic E-state index is 0.0184. The molecule has 0 bridgehead atoms. The van der Waals surface area contributed by atoms with Crippen molar-refractivity contribution in [2.24, 2.45) is 10.9 Å². The number of hydrogen-bond donors (Lipinski definition) is 3. The normalized spacial score (nSPS) is 18.6. The van der Waals surface area contributed by atoms with Crippen LogP contribution in [0.3, 0.4) is 0 Å². The molecular weight excluding hydrogens is 671 g/mol. The van der Waals surface area contributed by atoms with Gasteiger partial charge in [-0.25, -0.2) is 4.99 Å². The Morgan fingerprint density at radius 2 is 1.48 bits per heavy atom. The van der Waals surface area contributed by atoms with Gasteiger partial charge in [-0.2, -0.15) is 39.5 Å². The summed E-state index contributed by atoms with van der Waals surface area (Å²) < 4.78 is 102. The van der Waals surface area contributed by atoms with E-state index in [2.05, 4.69) is 17.4 Å². The van der Waals surface area contributed by atoms with E-state index in [0.29, 0.717) is 29.9 Å². The SMILES string of the molecule is CC(=O)CCCCC[C@H](NC(=O)C1CC[NH+](C)CC1)C1=NC=C(c2cccc(C(F)(F)F)c2)[NH2+]1.O=C([O-])C(F)(F)F.O=C([O-])C(F)(F)F. The smallest absolute Gasteiger partial charge is 0.430 e. The van der Waals surface area contributed by atoms with Gasteiger partial charge >= 0.3 is 18.5 Å². The number of carboxylic acid groups (broad SMARTS) is 2. The number of amidine groups is 1. The second-order valence-electron chi connectivity index (χ2n) is 11.0. The number of piperidine rings is 1. The second-order valence-corrected chi connectivity index (χ2v) is 11.0. The molecule has 1 atom stereocenters. The summed E-state index contributed by atoms with van der Waals surface area (Å²) in [5.41, 5.74) is 0.339. The number of carbonyl (C=O) groups excluding carboxylic acids is 4. The van der Waals surface area contributed by atoms with Gasteiger partial charge in [0, 0.05) is 30.7 Å². The molecule has 270 valence electrons. The van der Waals surface area contributed by atoms with Crippen LogP contribution in [-0.2, 0) is 25.4 Å². The number of Topliss-reactive ketones (excluding diaryl/α,β-unsaturated/α-hetero) is 1. The van der Waals surface area contributed by atoms with E-state index in [-0.39, 0.29) is 23.7 Å². The molecule has 1 amide bonds. The zero-order chi connectivity index (χ0) is 36.9. The van der Waals surface area contributed by atoms with Crippen molar-refractivity contribution in [2.75, 3.05) is 20.1 Å². The van der Waals surface area contributed by atoms with Crippen molar-refractivity contribution in [3.8, 4) is 0 Å². The number of benzene rings is 1. The van der Waals surface area contributed by atoms with Crippen LogP contribution in [0.4, 0.5) is 39.5 Å². The van der Waals surface area contributed by atoms with Crippen LogP contribution >= 0.6 is 0 Å². The zero-order valence-corrected chi connectivity index (χ0v) is 25.8. The van der Waals surface area contributed by atoms with Gasteiger partial charge in [-0.3, -0.25) is 10.1 Å². The monoisotopic (exact) mass is 706 g/mol. The molecule has 4 N–H and O–H groups in total. The number of quaternary nitrogens is 2. The first-order valence-electron chi connectivity index (χ1n) is 14.5. The van der Waals surface area contributed by atoms with Crippen molar-refractivity contribution >= 4 is 35.2 Å². The molecule has 1 saturated heterocycles. The van der Waals surface area contributed by atoms with Crippen molar-refractivity contribution in [1.29, 1.82) is 0 Å². The molecule has 0 aliphatic carbocycles. The summed E-state index contributed by atoms with van der Waals surface area (Å²) >= 11 is 0. The van der Waals surface area contributed by atoms with Crippen molar-refractivity contribution in [1.82, 2.24) is 5.32 Å². The molecular formula is C29H35F9N4O6. The maximum absolute atomic E-state index is 13.1. The number of hydrogen-bond acceptors (Lipinski definition) is 7. The van der Waals surface area contributed by atoms with Crippen LogP contribution in [0.15, 0.2) is 35.5 Å². The number of amides is 1. The predicted molar refractivity (Wildman–Crippen MR) is 146 cm³/mol. The van der Waals surface area contributed by atoms with Crippen LogP contribution in [-0.4, -0.2) is 68.0 Å². The lowest BCUT2D eigenvalue weighted by atomic mass is 9.95. The van der Waals surface area contributed by atoms with Crippen LogP contribution in [0.1, 0.15) is 63.0 Å². The van der Waals surface area contributed by atoms with E-state index in [0.717, 1.165) is 57.3 Å². The van der Waals surface area contributed by atoms with Gasteiger partial charge in [-0.15, -0.1) is 0 Å². The number of rotatable bonds is 10. The molecule has 0 aromatic heterocycles. The van der Waals surface area contributed by atoms with E-state index in [1.54, 1.807) is 24.5 Å². The van der Waals surface area contributed by atoms with E-state index in [9.17, 15) is 49.1 Å². The first kappa shape index (κ1) is 42.0. The van der Waals surface area contributed by atoms with Crippen LogP contribution in [0.5, 0.6) is 0 Å². The summed E-state index contributed by atoms with van der Waals surface area (Å²) in [4.78, 5) is 47.6. The first-order valence-corrected chi connectivity index (χ1v) is 14.5. The minimum Gasteiger partial charge on any atom is -0.542 e. The minimum atomic E-state index is -5.19. The third-order valence-electron chi connectivity index (χ3n) is 7.05. The Morgan fingerprint density at radius 1 is 0.938 bits per heavy atom. The van der Waals surface area contributed by atoms with Crippen LogP contribution in [0.2, 0.25) is 0 Å². The van der Waals surface area contributed by atoms with Gasteiger partial charge in [-0.05, 0) is 38.0 Å². The summed E-state index contributed by atoms with van der Waals surface area (Å²) in [5, 5.41) is 22.5. The highest BCUT2D eigenvalue weighted by atomic mass is 19.4. The predicted octanol–water partition coefficient (Wildman–Crippen LogP) is 0.526. The molecule has 19 heteroatoms. The molecule has 2 aliphatic rings. The molecule has 2 heterocycles. The molecule has 1 aromatic rings. The fourth-order valence-corrected chi connectivity index (χ4v) is 4.46. The molecule has 48 heavy (non-hydrogen) atoms. The van der Waals surface area contributed by atoms with Gasteiger partial charge in [-0.1, -0.05) is 18.9 Å². The van der Waals surface area contributed by atoms with Crippen LogP contribution in [0.25, 0.3) is 5.70 Å². The fourth-order valence-electron chi connectivity index (χ4n) is 4.46. The van der Waals surface area contributed by atoms with Crippen molar-refractivity contribution in [3.63, 3.8) is 0 Å². The summed E-state index contributed by atoms with van der Waals surface area (Å²) in [6.07, 6.45) is -7.85. The van der Waals surface area contributed by atoms with E-state index in [1.807, 2.05) is 0 Å². The lowest BCUT2D eigenvalue weighted by molar-refractivity contribution is -0.885. The number of unbranched alkanes of at least 4 members (excludes halogenated alkanes) is 2. The molecule has 1 aromatic carbocycles. The number of nitrogens with two attached hydrogens (primary N) is 1. The molecule has 10 nitrogen and oxygen atoms in total. The Kier molecular flexibility index (Phi) is 16.2. The second kappa shape index (κ2) is 18.5. The van der Waals surface area contributed by atoms with Crippen molar-refractivity contribution in [2.45, 2.75) is 76.4 Å². The summed E-state index contributed by atoms with van der Waals surface area (Å²) in [6.45, 7) is 3.50. The summed E-state index contributed by atoms with van der Waals surface area (Å²) in [7, 11) is 2.13. The highest BCUT2D eigenvalue weighted by molar-refractivity contribution is 5.90. The lowest BCUT2D eigenvalue weighted by Crippen LogP contribution is -3.10. The number of alkyl halides is 9. The van der Waals surface area contributed by atoms with Crippen LogP contribution in [0, 0.1) is 5.92 Å². The topological polar surface area (TPSA) is 160 Å². The molecule has 0 radical (unpaired) electrons. The highest BCUT2D eigenvalue weighted by Gasteiger charge is 2.34. The third-order valence-corrected chi connectivity index (χ3v) is 7.05. The maximum atomic E-state index is 13.1. The van der Waals surface area contributed by atoms with Gasteiger partial charge < -0.3 is 34.8 Å². The van der Waals surface area contributed by atoms with E-state index in [4.69, 9.17) is 19.8 Å². The van der Waals surface area contributed by atoms with E-state index in [1.165, 1.54) is 11.0 Å². The highest BCUT2D eigenvalue weighted by Crippen LogP contribution is 2.30. The number of aliphatic imine (C=N–C) groups is 1. The average molecular weight is 707 g/mol. The molecule has 2 aliphatic heterocycles. The number of carbonyl (C=O) groups is 4. The number of aliphatic carboxylic acids is 2. The number of nitrogens with zero attached hydrogens (tertiary/aromatic N) is 1. The number of ketones is 1. The van der Waals surface area contributed by atoms with Crippen LogP contribution < -0.4 is 25.7 Å². The molecule has 1 fully saturated rings. The molecule has 0 unspecified atom stereocenters. The van der Waals surface area contributed by atoms with Gasteiger partial charge in [0.05, 0.1) is 31.9 Å². The lowest BCUT2D eigenvalue weighted by Gasteiger charge is -2.27. The maximum Gasteiger partial charge on any atom is 0.430 e. The Bertz CT molecular complexity index is 1300. The Morgan fingerprint density at radius 3 is 1.96 bits per heavy atom. The summed E-state index contributed by atoms with van der Waals surface area (Å²) in [5.74, 6) is -5.20. The Hall–Kier alpha value is -4.00. The van der Waals surface area contributed by atoms with Gasteiger partial charge in [0.25, 0.3) is 0 Å². The number of halogens is 9. The molecule has 0 spiro atoms. The first-order chi connectivity index (χ1) is 22.0. The zero-order valence-electron chi connectivity index (χ0n) is 25.8. The molecule has 0 saturated carbocycles. The Labute approximate surface area is 269 Å². The van der Waals surface area contributed by atoms with Gasteiger partial charge in [0.15, 0.2) is 5.70 Å². The fraction of sp³-hybridized carbons (Fsp3) is 0.552. The van der Waals surface area contributed by atoms with Gasteiger partial charge in [0.1, 0.15) is 23.8 Å². The standard InChI is InChI=1S/C25H33F3N4O2.2C2HF3O2/c1-17(33)7-4-3-5-10-21(31-24(34)18-11-13-32(2)14-12-18)23-29-16-22(30-23)19-8-6-9-20(15-19)25(26,27)28;2*3-2(4,5)1(6)7/h6,8-9,15-16,18,21H,3-5,7,10-14H2,1-2H3,(H,29,30)(H,31,34);2*(H,6,7)/t21-;;/m0../s1. The van der Waals surface area contributed by atoms with E-state index < -0.39 is 36.0 Å². The Balaban J connectivity index is 0.000000687. The number of nitrogens with one attached hydrogen (secondary N) is 2. The van der Waals surface area contributed by atoms with E-state index >= 15 is 0 Å². The average Bonchev–Trinajstić information content (AvgIpc) is 3.46. The number of carboxylic acids is 2.